The number of hydrogen-bond donors (Lipinski definition) is 1. The van der Waals surface area contributed by atoms with E-state index >= 15 is 0 Å². The van der Waals surface area contributed by atoms with Gasteiger partial charge in [0.05, 0.1) is 9.94 Å². The predicted octanol–water partition coefficient (Wildman–Crippen LogP) is 4.26. The van der Waals surface area contributed by atoms with Gasteiger partial charge in [0.1, 0.15) is 11.5 Å². The van der Waals surface area contributed by atoms with Gasteiger partial charge in [0.2, 0.25) is 5.91 Å². The van der Waals surface area contributed by atoms with E-state index in [4.69, 9.17) is 16.3 Å². The molecule has 1 aromatic heterocycles. The largest absolute Gasteiger partial charge is 0.444 e. The van der Waals surface area contributed by atoms with Crippen LogP contribution in [0.3, 0.4) is 0 Å². The van der Waals surface area contributed by atoms with Crippen molar-refractivity contribution in [3.63, 3.8) is 0 Å². The Morgan fingerprint density at radius 2 is 1.69 bits per heavy atom. The third kappa shape index (κ3) is 5.44. The van der Waals surface area contributed by atoms with Crippen LogP contribution >= 0.6 is 22.9 Å². The first-order valence-corrected chi connectivity index (χ1v) is 11.5. The molecule has 0 bridgehead atoms. The van der Waals surface area contributed by atoms with Gasteiger partial charge >= 0.3 is 6.09 Å². The van der Waals surface area contributed by atoms with Crippen molar-refractivity contribution in [3.8, 4) is 0 Å². The van der Waals surface area contributed by atoms with E-state index in [1.807, 2.05) is 26.8 Å². The van der Waals surface area contributed by atoms with Crippen LogP contribution in [-0.2, 0) is 9.53 Å². The third-order valence-corrected chi connectivity index (χ3v) is 6.92. The van der Waals surface area contributed by atoms with Gasteiger partial charge in [-0.1, -0.05) is 30.9 Å². The van der Waals surface area contributed by atoms with Gasteiger partial charge < -0.3 is 19.6 Å². The molecule has 0 radical (unpaired) electrons. The topological polar surface area (TPSA) is 70.1 Å². The molecule has 1 saturated heterocycles. The monoisotopic (exact) mass is 442 g/mol. The van der Waals surface area contributed by atoms with Crippen LogP contribution in [0.2, 0.25) is 4.34 Å². The third-order valence-electron chi connectivity index (χ3n) is 5.63. The van der Waals surface area contributed by atoms with Crippen LogP contribution in [0, 0.1) is 0 Å². The van der Waals surface area contributed by atoms with Crippen LogP contribution in [0.1, 0.15) is 63.7 Å². The number of nitrogens with zero attached hydrogens (tertiary/aromatic N) is 2. The Bertz CT molecular complexity index is 731. The second kappa shape index (κ2) is 8.82. The highest BCUT2D eigenvalue weighted by atomic mass is 35.5. The summed E-state index contributed by atoms with van der Waals surface area (Å²) in [5, 5.41) is 11.4. The lowest BCUT2D eigenvalue weighted by Crippen LogP contribution is -2.55. The maximum atomic E-state index is 13.5. The lowest BCUT2D eigenvalue weighted by Gasteiger charge is -2.42. The second-order valence-corrected chi connectivity index (χ2v) is 10.8. The van der Waals surface area contributed by atoms with Crippen molar-refractivity contribution < 1.29 is 19.4 Å². The Hall–Kier alpha value is -1.31. The minimum Gasteiger partial charge on any atom is -0.444 e. The standard InChI is InChI=1S/C21H31ClN2O4S/c1-20(2,3)28-19(26)24-13-11-23(12-14-24)18(25)17(15-7-8-16(22)29-15)21(27)9-5-4-6-10-21/h7-8,17,27H,4-6,9-14H2,1-3H3. The predicted molar refractivity (Wildman–Crippen MR) is 114 cm³/mol. The van der Waals surface area contributed by atoms with Crippen molar-refractivity contribution in [2.75, 3.05) is 26.2 Å². The molecule has 2 heterocycles. The lowest BCUT2D eigenvalue weighted by molar-refractivity contribution is -0.143. The molecule has 162 valence electrons. The van der Waals surface area contributed by atoms with E-state index in [9.17, 15) is 14.7 Å². The number of carbonyl (C=O) groups excluding carboxylic acids is 2. The Balaban J connectivity index is 1.72. The highest BCUT2D eigenvalue weighted by Crippen LogP contribution is 2.44. The van der Waals surface area contributed by atoms with Crippen molar-refractivity contribution in [2.24, 2.45) is 0 Å². The fourth-order valence-corrected chi connectivity index (χ4v) is 5.44. The summed E-state index contributed by atoms with van der Waals surface area (Å²) in [6.07, 6.45) is 3.82. The SMILES string of the molecule is CC(C)(C)OC(=O)N1CCN(C(=O)C(c2ccc(Cl)s2)C2(O)CCCCC2)CC1. The minimum atomic E-state index is -1.04. The molecule has 1 atom stereocenters. The van der Waals surface area contributed by atoms with Gasteiger partial charge in [-0.2, -0.15) is 0 Å². The molecule has 1 aromatic rings. The Morgan fingerprint density at radius 3 is 2.21 bits per heavy atom. The van der Waals surface area contributed by atoms with E-state index in [1.54, 1.807) is 15.9 Å². The molecule has 6 nitrogen and oxygen atoms in total. The van der Waals surface area contributed by atoms with E-state index in [0.29, 0.717) is 43.4 Å². The number of hydrogen-bond acceptors (Lipinski definition) is 5. The first-order valence-electron chi connectivity index (χ1n) is 10.3. The summed E-state index contributed by atoms with van der Waals surface area (Å²) in [5.41, 5.74) is -1.58. The highest BCUT2D eigenvalue weighted by Gasteiger charge is 2.46. The molecule has 1 saturated carbocycles. The minimum absolute atomic E-state index is 0.0724. The second-order valence-electron chi connectivity index (χ2n) is 9.03. The Labute approximate surface area is 181 Å². The van der Waals surface area contributed by atoms with Crippen molar-refractivity contribution >= 4 is 34.9 Å². The first-order chi connectivity index (χ1) is 13.6. The van der Waals surface area contributed by atoms with Crippen LogP contribution in [0.4, 0.5) is 4.79 Å². The van der Waals surface area contributed by atoms with Gasteiger partial charge in [-0.25, -0.2) is 4.79 Å². The molecule has 1 unspecified atom stereocenters. The first kappa shape index (κ1) is 22.4. The molecule has 1 N–H and O–H groups in total. The van der Waals surface area contributed by atoms with Gasteiger partial charge in [-0.15, -0.1) is 11.3 Å². The fraction of sp³-hybridized carbons (Fsp3) is 0.714. The highest BCUT2D eigenvalue weighted by molar-refractivity contribution is 7.16. The zero-order valence-electron chi connectivity index (χ0n) is 17.4. The molecular formula is C21H31ClN2O4S. The quantitative estimate of drug-likeness (QED) is 0.759. The van der Waals surface area contributed by atoms with Crippen LogP contribution < -0.4 is 0 Å². The number of halogens is 1. The van der Waals surface area contributed by atoms with Crippen molar-refractivity contribution in [2.45, 2.75) is 70.0 Å². The Morgan fingerprint density at radius 1 is 1.10 bits per heavy atom. The molecule has 0 spiro atoms. The lowest BCUT2D eigenvalue weighted by atomic mass is 9.74. The summed E-state index contributed by atoms with van der Waals surface area (Å²) in [6, 6.07) is 3.65. The van der Waals surface area contributed by atoms with Crippen molar-refractivity contribution in [3.05, 3.63) is 21.3 Å². The molecule has 1 aliphatic heterocycles. The molecule has 8 heteroatoms. The zero-order chi connectivity index (χ0) is 21.2. The van der Waals surface area contributed by atoms with E-state index < -0.39 is 17.1 Å². The molecule has 2 fully saturated rings. The summed E-state index contributed by atoms with van der Waals surface area (Å²) in [7, 11) is 0. The average molecular weight is 443 g/mol. The normalized spacial score (nSPS) is 21.0. The van der Waals surface area contributed by atoms with Gasteiger partial charge in [-0.3, -0.25) is 4.79 Å². The molecule has 3 rings (SSSR count). The average Bonchev–Trinajstić information content (AvgIpc) is 3.06. The number of rotatable bonds is 3. The van der Waals surface area contributed by atoms with Gasteiger partial charge in [0.15, 0.2) is 0 Å². The van der Waals surface area contributed by atoms with Crippen molar-refractivity contribution in [1.29, 1.82) is 0 Å². The molecule has 1 aliphatic carbocycles. The van der Waals surface area contributed by atoms with E-state index in [0.717, 1.165) is 24.1 Å². The van der Waals surface area contributed by atoms with E-state index in [-0.39, 0.29) is 12.0 Å². The summed E-state index contributed by atoms with van der Waals surface area (Å²) < 4.78 is 6.05. The summed E-state index contributed by atoms with van der Waals surface area (Å²) >= 11 is 7.51. The summed E-state index contributed by atoms with van der Waals surface area (Å²) in [6.45, 7) is 7.24. The number of aliphatic hydroxyl groups is 1. The molecular weight excluding hydrogens is 412 g/mol. The molecule has 2 amide bonds. The van der Waals surface area contributed by atoms with E-state index in [1.165, 1.54) is 11.3 Å². The molecule has 29 heavy (non-hydrogen) atoms. The maximum absolute atomic E-state index is 13.5. The number of amides is 2. The molecule has 0 aromatic carbocycles. The Kier molecular flexibility index (Phi) is 6.81. The smallest absolute Gasteiger partial charge is 0.410 e. The number of piperazine rings is 1. The fourth-order valence-electron chi connectivity index (χ4n) is 4.17. The number of ether oxygens (including phenoxy) is 1. The van der Waals surface area contributed by atoms with Crippen LogP contribution in [0.15, 0.2) is 12.1 Å². The van der Waals surface area contributed by atoms with Crippen LogP contribution in [0.5, 0.6) is 0 Å². The number of thiophene rings is 1. The zero-order valence-corrected chi connectivity index (χ0v) is 19.0. The summed E-state index contributed by atoms with van der Waals surface area (Å²) in [4.78, 5) is 30.0. The maximum Gasteiger partial charge on any atom is 0.410 e. The van der Waals surface area contributed by atoms with Crippen LogP contribution in [0.25, 0.3) is 0 Å². The van der Waals surface area contributed by atoms with Gasteiger partial charge in [0.25, 0.3) is 0 Å². The summed E-state index contributed by atoms with van der Waals surface area (Å²) in [5.74, 6) is -0.676. The van der Waals surface area contributed by atoms with Gasteiger partial charge in [0, 0.05) is 31.1 Å². The molecule has 2 aliphatic rings. The van der Waals surface area contributed by atoms with Gasteiger partial charge in [-0.05, 0) is 45.7 Å². The van der Waals surface area contributed by atoms with Crippen molar-refractivity contribution in [1.82, 2.24) is 9.80 Å². The van der Waals surface area contributed by atoms with Crippen LogP contribution in [-0.4, -0.2) is 64.3 Å². The number of carbonyl (C=O) groups is 2. The van der Waals surface area contributed by atoms with E-state index in [2.05, 4.69) is 0 Å².